The van der Waals surface area contributed by atoms with Crippen molar-refractivity contribution in [1.29, 1.82) is 0 Å². The summed E-state index contributed by atoms with van der Waals surface area (Å²) < 4.78 is 7.31. The van der Waals surface area contributed by atoms with E-state index in [1.807, 2.05) is 0 Å². The van der Waals surface area contributed by atoms with Gasteiger partial charge in [-0.25, -0.2) is 0 Å². The molecule has 266 valence electrons. The Morgan fingerprint density at radius 2 is 0.491 bits per heavy atom. The summed E-state index contributed by atoms with van der Waals surface area (Å²) in [6, 6.07) is 77.8. The fourth-order valence-corrected chi connectivity index (χ4v) is 9.43. The number of hydrogen-bond acceptors (Lipinski definition) is 0. The number of benzene rings is 9. The zero-order valence-electron chi connectivity index (χ0n) is 31.0. The second kappa shape index (κ2) is 12.5. The Morgan fingerprint density at radius 3 is 0.947 bits per heavy atom. The lowest BCUT2D eigenvalue weighted by Crippen LogP contribution is -2.08. The minimum Gasteiger partial charge on any atom is -0.309 e. The molecule has 2 aromatic heterocycles. The van der Waals surface area contributed by atoms with Crippen molar-refractivity contribution >= 4 is 87.0 Å². The lowest BCUT2D eigenvalue weighted by atomic mass is 9.93. The molecule has 0 radical (unpaired) electrons. The van der Waals surface area contributed by atoms with E-state index in [1.54, 1.807) is 0 Å². The minimum atomic E-state index is 1.12. The van der Waals surface area contributed by atoms with Gasteiger partial charge in [-0.05, 0) is 116 Å². The molecule has 0 aliphatic rings. The zero-order valence-corrected chi connectivity index (χ0v) is 31.0. The molecule has 3 nitrogen and oxygen atoms in total. The molecule has 0 aliphatic carbocycles. The van der Waals surface area contributed by atoms with Gasteiger partial charge < -0.3 is 13.7 Å². The van der Waals surface area contributed by atoms with E-state index in [-0.39, 0.29) is 0 Å². The molecular formula is C54H35N3. The first-order valence-electron chi connectivity index (χ1n) is 19.6. The van der Waals surface area contributed by atoms with Crippen molar-refractivity contribution in [2.75, 3.05) is 0 Å². The lowest BCUT2D eigenvalue weighted by Gasteiger charge is -2.23. The van der Waals surface area contributed by atoms with Gasteiger partial charge in [-0.15, -0.1) is 0 Å². The average Bonchev–Trinajstić information content (AvgIpc) is 3.62. The van der Waals surface area contributed by atoms with Crippen molar-refractivity contribution in [1.82, 2.24) is 13.7 Å². The number of aromatic nitrogens is 3. The molecule has 0 fully saturated rings. The molecule has 0 bridgehead atoms. The SMILES string of the molecule is c1ccc(-n2c3ccccc3n(-c3ccccc3)c3cc4c5ccc(-n6c7ccccc7c7ccccc76)cc5c5ccccc5c5ccccc5c4cc32)cc1. The molecule has 0 saturated carbocycles. The van der Waals surface area contributed by atoms with Crippen LogP contribution in [-0.4, -0.2) is 13.7 Å². The number of fused-ring (bicyclic) bond motifs is 13. The third-order valence-electron chi connectivity index (χ3n) is 11.8. The van der Waals surface area contributed by atoms with Crippen LogP contribution >= 0.6 is 0 Å². The summed E-state index contributed by atoms with van der Waals surface area (Å²) in [6.07, 6.45) is 0. The van der Waals surface area contributed by atoms with E-state index in [2.05, 4.69) is 226 Å². The van der Waals surface area contributed by atoms with E-state index in [4.69, 9.17) is 0 Å². The highest BCUT2D eigenvalue weighted by atomic mass is 15.1. The molecule has 0 saturated heterocycles. The van der Waals surface area contributed by atoms with Crippen LogP contribution in [0.2, 0.25) is 0 Å². The Kier molecular flexibility index (Phi) is 6.93. The Labute approximate surface area is 328 Å². The van der Waals surface area contributed by atoms with Crippen molar-refractivity contribution in [3.63, 3.8) is 0 Å². The summed E-state index contributed by atoms with van der Waals surface area (Å²) in [5.74, 6) is 0. The molecule has 3 heteroatoms. The largest absolute Gasteiger partial charge is 0.309 e. The van der Waals surface area contributed by atoms with E-state index in [0.29, 0.717) is 0 Å². The summed E-state index contributed by atoms with van der Waals surface area (Å²) in [4.78, 5) is 0. The Hall–Kier alpha value is -7.62. The molecule has 57 heavy (non-hydrogen) atoms. The normalized spacial score (nSPS) is 11.9. The van der Waals surface area contributed by atoms with Crippen LogP contribution in [0.15, 0.2) is 212 Å². The highest BCUT2D eigenvalue weighted by molar-refractivity contribution is 6.27. The molecule has 0 unspecified atom stereocenters. The Morgan fingerprint density at radius 1 is 0.175 bits per heavy atom. The molecule has 10 aromatic carbocycles. The molecule has 0 atom stereocenters. The minimum absolute atomic E-state index is 1.12. The maximum absolute atomic E-state index is 2.45. The van der Waals surface area contributed by atoms with Gasteiger partial charge in [-0.2, -0.15) is 0 Å². The standard InChI is InChI=1S/C54H35N3/c1-3-17-36(18-4-1)55-51-29-15-16-30-52(51)56(37-19-5-2-6-20-37)54-35-48-43-32-31-38(57-49-27-13-11-25-44(49)45-26-12-14-28-50(45)57)33-46(43)41-23-9-7-21-39(41)40-22-8-10-24-42(40)47(48)34-53(54)55/h1-35H. The summed E-state index contributed by atoms with van der Waals surface area (Å²) in [5.41, 5.74) is 10.3. The van der Waals surface area contributed by atoms with Gasteiger partial charge in [0.25, 0.3) is 0 Å². The van der Waals surface area contributed by atoms with Crippen LogP contribution in [0.3, 0.4) is 0 Å². The Balaban J connectivity index is 1.33. The zero-order chi connectivity index (χ0) is 37.5. The highest BCUT2D eigenvalue weighted by Gasteiger charge is 2.18. The van der Waals surface area contributed by atoms with Crippen LogP contribution in [-0.2, 0) is 0 Å². The van der Waals surface area contributed by atoms with Crippen molar-refractivity contribution in [2.24, 2.45) is 0 Å². The van der Waals surface area contributed by atoms with Gasteiger partial charge in [-0.1, -0.05) is 140 Å². The monoisotopic (exact) mass is 725 g/mol. The molecule has 0 amide bonds. The fraction of sp³-hybridized carbons (Fsp3) is 0. The van der Waals surface area contributed by atoms with Gasteiger partial charge >= 0.3 is 0 Å². The topological polar surface area (TPSA) is 14.8 Å². The first-order valence-corrected chi connectivity index (χ1v) is 19.6. The molecule has 0 N–H and O–H groups in total. The van der Waals surface area contributed by atoms with Crippen LogP contribution in [0.1, 0.15) is 0 Å². The molecule has 0 spiro atoms. The predicted molar refractivity (Wildman–Crippen MR) is 242 cm³/mol. The molecule has 12 aromatic rings. The van der Waals surface area contributed by atoms with Crippen molar-refractivity contribution in [3.05, 3.63) is 212 Å². The molecule has 2 heterocycles. The van der Waals surface area contributed by atoms with Crippen molar-refractivity contribution < 1.29 is 0 Å². The van der Waals surface area contributed by atoms with Crippen LogP contribution < -0.4 is 0 Å². The first-order chi connectivity index (χ1) is 28.3. The Bertz CT molecular complexity index is 3570. The third kappa shape index (κ3) is 4.73. The number of rotatable bonds is 3. The van der Waals surface area contributed by atoms with E-state index in [1.165, 1.54) is 64.9 Å². The van der Waals surface area contributed by atoms with Gasteiger partial charge in [0.2, 0.25) is 0 Å². The van der Waals surface area contributed by atoms with Gasteiger partial charge in [-0.3, -0.25) is 0 Å². The maximum atomic E-state index is 2.45. The predicted octanol–water partition coefficient (Wildman–Crippen LogP) is 14.4. The molecule has 12 rings (SSSR count). The van der Waals surface area contributed by atoms with E-state index >= 15 is 0 Å². The number of para-hydroxylation sites is 6. The van der Waals surface area contributed by atoms with Gasteiger partial charge in [0.1, 0.15) is 0 Å². The van der Waals surface area contributed by atoms with E-state index in [9.17, 15) is 0 Å². The first kappa shape index (κ1) is 31.7. The van der Waals surface area contributed by atoms with E-state index < -0.39 is 0 Å². The van der Waals surface area contributed by atoms with Crippen molar-refractivity contribution in [3.8, 4) is 17.1 Å². The molecular weight excluding hydrogens is 691 g/mol. The van der Waals surface area contributed by atoms with Crippen LogP contribution in [0.4, 0.5) is 0 Å². The maximum Gasteiger partial charge on any atom is 0.0709 e. The van der Waals surface area contributed by atoms with Crippen molar-refractivity contribution in [2.45, 2.75) is 0 Å². The van der Waals surface area contributed by atoms with Gasteiger partial charge in [0.05, 0.1) is 33.1 Å². The lowest BCUT2D eigenvalue weighted by molar-refractivity contribution is 1.09. The summed E-state index contributed by atoms with van der Waals surface area (Å²) >= 11 is 0. The third-order valence-corrected chi connectivity index (χ3v) is 11.8. The van der Waals surface area contributed by atoms with Crippen LogP contribution in [0.5, 0.6) is 0 Å². The highest BCUT2D eigenvalue weighted by Crippen LogP contribution is 2.41. The summed E-state index contributed by atoms with van der Waals surface area (Å²) in [7, 11) is 0. The number of hydrogen-bond donors (Lipinski definition) is 0. The molecule has 0 aliphatic heterocycles. The smallest absolute Gasteiger partial charge is 0.0709 e. The van der Waals surface area contributed by atoms with Crippen LogP contribution in [0, 0.1) is 0 Å². The summed E-state index contributed by atoms with van der Waals surface area (Å²) in [6.45, 7) is 0. The summed E-state index contributed by atoms with van der Waals surface area (Å²) in [5, 5.41) is 12.2. The average molecular weight is 726 g/mol. The second-order valence-electron chi connectivity index (χ2n) is 14.9. The number of nitrogens with zero attached hydrogens (tertiary/aromatic N) is 3. The fourth-order valence-electron chi connectivity index (χ4n) is 9.43. The quantitative estimate of drug-likeness (QED) is 0.161. The van der Waals surface area contributed by atoms with Gasteiger partial charge in [0, 0.05) is 27.8 Å². The van der Waals surface area contributed by atoms with E-state index in [0.717, 1.165) is 39.1 Å². The van der Waals surface area contributed by atoms with Gasteiger partial charge in [0.15, 0.2) is 0 Å². The second-order valence-corrected chi connectivity index (χ2v) is 14.9. The van der Waals surface area contributed by atoms with Crippen LogP contribution in [0.25, 0.3) is 104 Å².